The van der Waals surface area contributed by atoms with Gasteiger partial charge in [0.2, 0.25) is 0 Å². The van der Waals surface area contributed by atoms with Gasteiger partial charge in [0.15, 0.2) is 0 Å². The molecule has 0 saturated heterocycles. The molecule has 7 nitrogen and oxygen atoms in total. The first-order valence-corrected chi connectivity index (χ1v) is 7.89. The Bertz CT molecular complexity index is 836. The van der Waals surface area contributed by atoms with Crippen molar-refractivity contribution >= 4 is 11.6 Å². The van der Waals surface area contributed by atoms with E-state index in [-0.39, 0.29) is 17.8 Å². The van der Waals surface area contributed by atoms with Crippen LogP contribution in [0.4, 0.5) is 5.69 Å². The number of nitro groups is 1. The Hall–Kier alpha value is -2.93. The molecule has 3 rings (SSSR count). The predicted octanol–water partition coefficient (Wildman–Crippen LogP) is 2.30. The zero-order chi connectivity index (χ0) is 18.0. The largest absolute Gasteiger partial charge is 0.493 e. The fraction of sp³-hybridized carbons (Fsp3) is 0.278. The first kappa shape index (κ1) is 16.9. The molecule has 1 unspecified atom stereocenters. The number of benzene rings is 2. The number of nitrogens with one attached hydrogen (secondary N) is 1. The van der Waals surface area contributed by atoms with E-state index in [4.69, 9.17) is 4.74 Å². The van der Waals surface area contributed by atoms with Gasteiger partial charge in [-0.25, -0.2) is 0 Å². The lowest BCUT2D eigenvalue weighted by Crippen LogP contribution is -2.44. The molecule has 1 atom stereocenters. The highest BCUT2D eigenvalue weighted by molar-refractivity contribution is 5.96. The molecule has 0 radical (unpaired) electrons. The molecule has 25 heavy (non-hydrogen) atoms. The van der Waals surface area contributed by atoms with Crippen molar-refractivity contribution < 1.29 is 19.6 Å². The van der Waals surface area contributed by atoms with Gasteiger partial charge in [-0.15, -0.1) is 0 Å². The van der Waals surface area contributed by atoms with Crippen molar-refractivity contribution in [1.82, 2.24) is 5.32 Å². The molecule has 0 aromatic heterocycles. The SMILES string of the molecule is Cc1c(C(=O)NCC2(O)CCOc3ccccc32)cccc1[N+](=O)[O-]. The van der Waals surface area contributed by atoms with Crippen LogP contribution in [0.25, 0.3) is 0 Å². The monoisotopic (exact) mass is 342 g/mol. The van der Waals surface area contributed by atoms with Crippen LogP contribution in [0.3, 0.4) is 0 Å². The van der Waals surface area contributed by atoms with E-state index < -0.39 is 16.4 Å². The number of fused-ring (bicyclic) bond motifs is 1. The van der Waals surface area contributed by atoms with Crippen LogP contribution in [-0.4, -0.2) is 29.1 Å². The lowest BCUT2D eigenvalue weighted by molar-refractivity contribution is -0.385. The van der Waals surface area contributed by atoms with Gasteiger partial charge in [0.1, 0.15) is 11.4 Å². The number of amides is 1. The molecule has 0 spiro atoms. The molecule has 7 heteroatoms. The summed E-state index contributed by atoms with van der Waals surface area (Å²) in [6, 6.07) is 11.5. The minimum atomic E-state index is -1.24. The van der Waals surface area contributed by atoms with E-state index in [1.54, 1.807) is 18.2 Å². The maximum atomic E-state index is 12.5. The van der Waals surface area contributed by atoms with Crippen LogP contribution in [0, 0.1) is 17.0 Å². The van der Waals surface area contributed by atoms with Crippen LogP contribution in [0.1, 0.15) is 27.9 Å². The number of aliphatic hydroxyl groups is 1. The Morgan fingerprint density at radius 1 is 1.32 bits per heavy atom. The second-order valence-corrected chi connectivity index (χ2v) is 6.02. The number of carbonyl (C=O) groups excluding carboxylic acids is 1. The van der Waals surface area contributed by atoms with Gasteiger partial charge in [-0.05, 0) is 19.1 Å². The molecule has 130 valence electrons. The highest BCUT2D eigenvalue weighted by Crippen LogP contribution is 2.36. The summed E-state index contributed by atoms with van der Waals surface area (Å²) in [6.45, 7) is 1.87. The van der Waals surface area contributed by atoms with Crippen LogP contribution >= 0.6 is 0 Å². The molecular formula is C18H18N2O5. The van der Waals surface area contributed by atoms with Gasteiger partial charge in [-0.2, -0.15) is 0 Å². The van der Waals surface area contributed by atoms with Crippen molar-refractivity contribution in [1.29, 1.82) is 0 Å². The zero-order valence-corrected chi connectivity index (χ0v) is 13.7. The van der Waals surface area contributed by atoms with Crippen LogP contribution < -0.4 is 10.1 Å². The number of nitrogens with zero attached hydrogens (tertiary/aromatic N) is 1. The Balaban J connectivity index is 1.80. The summed E-state index contributed by atoms with van der Waals surface area (Å²) >= 11 is 0. The molecule has 0 saturated carbocycles. The second kappa shape index (κ2) is 6.52. The summed E-state index contributed by atoms with van der Waals surface area (Å²) in [6.07, 6.45) is 0.345. The van der Waals surface area contributed by atoms with E-state index in [1.807, 2.05) is 6.07 Å². The smallest absolute Gasteiger partial charge is 0.273 e. The van der Waals surface area contributed by atoms with Gasteiger partial charge in [0.25, 0.3) is 11.6 Å². The third-order valence-corrected chi connectivity index (χ3v) is 4.45. The normalized spacial score (nSPS) is 18.8. The summed E-state index contributed by atoms with van der Waals surface area (Å²) in [4.78, 5) is 23.0. The van der Waals surface area contributed by atoms with Crippen molar-refractivity contribution in [3.05, 3.63) is 69.3 Å². The summed E-state index contributed by atoms with van der Waals surface area (Å²) in [5.74, 6) is 0.135. The number of nitro benzene ring substituents is 1. The van der Waals surface area contributed by atoms with Gasteiger partial charge < -0.3 is 15.2 Å². The van der Waals surface area contributed by atoms with Gasteiger partial charge in [-0.3, -0.25) is 14.9 Å². The molecule has 2 N–H and O–H groups in total. The third-order valence-electron chi connectivity index (χ3n) is 4.45. The van der Waals surface area contributed by atoms with Crippen molar-refractivity contribution in [2.24, 2.45) is 0 Å². The van der Waals surface area contributed by atoms with Crippen molar-refractivity contribution in [3.8, 4) is 5.75 Å². The van der Waals surface area contributed by atoms with E-state index in [2.05, 4.69) is 5.32 Å². The number of ether oxygens (including phenoxy) is 1. The van der Waals surface area contributed by atoms with E-state index in [9.17, 15) is 20.0 Å². The quantitative estimate of drug-likeness (QED) is 0.656. The van der Waals surface area contributed by atoms with E-state index in [1.165, 1.54) is 25.1 Å². The second-order valence-electron chi connectivity index (χ2n) is 6.02. The fourth-order valence-corrected chi connectivity index (χ4v) is 3.01. The highest BCUT2D eigenvalue weighted by Gasteiger charge is 2.36. The van der Waals surface area contributed by atoms with Gasteiger partial charge >= 0.3 is 0 Å². The Labute approximate surface area is 144 Å². The summed E-state index contributed by atoms with van der Waals surface area (Å²) in [5, 5.41) is 24.6. The van der Waals surface area contributed by atoms with E-state index in [0.717, 1.165) is 0 Å². The number of hydrogen-bond donors (Lipinski definition) is 2. The first-order chi connectivity index (χ1) is 11.9. The van der Waals surface area contributed by atoms with E-state index in [0.29, 0.717) is 29.9 Å². The maximum Gasteiger partial charge on any atom is 0.273 e. The minimum Gasteiger partial charge on any atom is -0.493 e. The summed E-state index contributed by atoms with van der Waals surface area (Å²) in [5.41, 5.74) is -0.207. The fourth-order valence-electron chi connectivity index (χ4n) is 3.01. The average molecular weight is 342 g/mol. The van der Waals surface area contributed by atoms with Gasteiger partial charge in [0.05, 0.1) is 18.1 Å². The number of para-hydroxylation sites is 1. The first-order valence-electron chi connectivity index (χ1n) is 7.89. The molecule has 0 fully saturated rings. The van der Waals surface area contributed by atoms with Crippen LogP contribution in [0.15, 0.2) is 42.5 Å². The minimum absolute atomic E-state index is 0.00562. The highest BCUT2D eigenvalue weighted by atomic mass is 16.6. The van der Waals surface area contributed by atoms with Gasteiger partial charge in [-0.1, -0.05) is 24.3 Å². The molecule has 2 aromatic rings. The van der Waals surface area contributed by atoms with Crippen LogP contribution in [-0.2, 0) is 5.60 Å². The average Bonchev–Trinajstić information content (AvgIpc) is 2.60. The Kier molecular flexibility index (Phi) is 4.41. The lowest BCUT2D eigenvalue weighted by atomic mass is 9.88. The summed E-state index contributed by atoms with van der Waals surface area (Å²) < 4.78 is 5.52. The summed E-state index contributed by atoms with van der Waals surface area (Å²) in [7, 11) is 0. The molecule has 2 aromatic carbocycles. The molecule has 0 aliphatic carbocycles. The van der Waals surface area contributed by atoms with E-state index >= 15 is 0 Å². The number of rotatable bonds is 4. The topological polar surface area (TPSA) is 102 Å². The lowest BCUT2D eigenvalue weighted by Gasteiger charge is -2.34. The molecule has 1 heterocycles. The van der Waals surface area contributed by atoms with Crippen LogP contribution in [0.2, 0.25) is 0 Å². The predicted molar refractivity (Wildman–Crippen MR) is 90.6 cm³/mol. The molecule has 1 aliphatic rings. The maximum absolute atomic E-state index is 12.5. The van der Waals surface area contributed by atoms with Crippen LogP contribution in [0.5, 0.6) is 5.75 Å². The Morgan fingerprint density at radius 3 is 2.84 bits per heavy atom. The van der Waals surface area contributed by atoms with Crippen molar-refractivity contribution in [2.45, 2.75) is 18.9 Å². The Morgan fingerprint density at radius 2 is 2.08 bits per heavy atom. The molecule has 0 bridgehead atoms. The number of hydrogen-bond acceptors (Lipinski definition) is 5. The van der Waals surface area contributed by atoms with Gasteiger partial charge in [0, 0.05) is 29.2 Å². The molecule has 1 aliphatic heterocycles. The standard InChI is InChI=1S/C18H18N2O5/c1-12-13(5-4-7-15(12)20(23)24)17(21)19-11-18(22)9-10-25-16-8-3-2-6-14(16)18/h2-8,22H,9-11H2,1H3,(H,19,21). The van der Waals surface area contributed by atoms with Crippen molar-refractivity contribution in [3.63, 3.8) is 0 Å². The van der Waals surface area contributed by atoms with Crippen molar-refractivity contribution in [2.75, 3.05) is 13.2 Å². The zero-order valence-electron chi connectivity index (χ0n) is 13.7. The third kappa shape index (κ3) is 3.18. The molecular weight excluding hydrogens is 324 g/mol. The number of carbonyl (C=O) groups is 1. The molecule has 1 amide bonds.